The van der Waals surface area contributed by atoms with E-state index in [1.807, 2.05) is 0 Å². The zero-order chi connectivity index (χ0) is 15.5. The van der Waals surface area contributed by atoms with Crippen LogP contribution in [0.15, 0.2) is 42.6 Å². The molecule has 0 saturated heterocycles. The number of pyridine rings is 2. The largest absolute Gasteiger partial charge is 0.433 e. The van der Waals surface area contributed by atoms with Gasteiger partial charge in [-0.25, -0.2) is 4.98 Å². The Hall–Kier alpha value is -2.21. The van der Waals surface area contributed by atoms with Crippen LogP contribution in [0.3, 0.4) is 0 Å². The van der Waals surface area contributed by atoms with Crippen LogP contribution in [0.4, 0.5) is 13.2 Å². The van der Waals surface area contributed by atoms with Gasteiger partial charge in [0.05, 0.1) is 0 Å². The smallest absolute Gasteiger partial charge is 0.288 e. The molecule has 0 amide bonds. The molecule has 0 N–H and O–H groups in total. The molecule has 2 aromatic rings. The van der Waals surface area contributed by atoms with Crippen molar-refractivity contribution in [2.45, 2.75) is 6.18 Å². The Labute approximate surface area is 123 Å². The number of carbonyl (C=O) groups excluding carboxylic acids is 1. The van der Waals surface area contributed by atoms with Crippen molar-refractivity contribution in [2.75, 3.05) is 0 Å². The fraction of sp³-hybridized carbons (Fsp3) is 0.0714. The van der Waals surface area contributed by atoms with Crippen molar-refractivity contribution in [3.63, 3.8) is 0 Å². The number of allylic oxidation sites excluding steroid dienone is 1. The molecule has 0 spiro atoms. The van der Waals surface area contributed by atoms with Crippen molar-refractivity contribution in [2.24, 2.45) is 0 Å². The van der Waals surface area contributed by atoms with E-state index in [4.69, 9.17) is 11.6 Å². The van der Waals surface area contributed by atoms with Crippen LogP contribution in [-0.4, -0.2) is 15.8 Å². The van der Waals surface area contributed by atoms with Gasteiger partial charge in [0, 0.05) is 6.20 Å². The van der Waals surface area contributed by atoms with Gasteiger partial charge in [-0.3, -0.25) is 9.78 Å². The zero-order valence-corrected chi connectivity index (χ0v) is 11.2. The summed E-state index contributed by atoms with van der Waals surface area (Å²) in [6.45, 7) is 0. The summed E-state index contributed by atoms with van der Waals surface area (Å²) < 4.78 is 37.0. The molecule has 2 aromatic heterocycles. The molecule has 2 rings (SSSR count). The molecule has 0 unspecified atom stereocenters. The summed E-state index contributed by atoms with van der Waals surface area (Å²) in [5, 5.41) is 0.186. The summed E-state index contributed by atoms with van der Waals surface area (Å²) in [7, 11) is 0. The van der Waals surface area contributed by atoms with Gasteiger partial charge in [-0.2, -0.15) is 13.2 Å². The van der Waals surface area contributed by atoms with E-state index < -0.39 is 17.7 Å². The minimum Gasteiger partial charge on any atom is -0.288 e. The molecule has 0 fully saturated rings. The Balaban J connectivity index is 2.12. The highest BCUT2D eigenvalue weighted by molar-refractivity contribution is 6.29. The van der Waals surface area contributed by atoms with E-state index in [1.54, 1.807) is 6.07 Å². The third-order valence-electron chi connectivity index (χ3n) is 2.47. The Morgan fingerprint density at radius 1 is 1.19 bits per heavy atom. The molecule has 3 nitrogen and oxygen atoms in total. The average molecular weight is 313 g/mol. The second-order valence-electron chi connectivity index (χ2n) is 4.02. The lowest BCUT2D eigenvalue weighted by Crippen LogP contribution is -2.07. The van der Waals surface area contributed by atoms with Crippen LogP contribution in [0.1, 0.15) is 21.7 Å². The summed E-state index contributed by atoms with van der Waals surface area (Å²) >= 11 is 5.66. The predicted molar refractivity (Wildman–Crippen MR) is 71.9 cm³/mol. The lowest BCUT2D eigenvalue weighted by molar-refractivity contribution is -0.141. The van der Waals surface area contributed by atoms with Gasteiger partial charge in [0.25, 0.3) is 0 Å². The van der Waals surface area contributed by atoms with Gasteiger partial charge >= 0.3 is 6.18 Å². The molecule has 7 heteroatoms. The number of carbonyl (C=O) groups is 1. The van der Waals surface area contributed by atoms with Crippen molar-refractivity contribution in [1.82, 2.24) is 9.97 Å². The molecule has 21 heavy (non-hydrogen) atoms. The Morgan fingerprint density at radius 2 is 1.95 bits per heavy atom. The van der Waals surface area contributed by atoms with Gasteiger partial charge in [0.1, 0.15) is 16.5 Å². The van der Waals surface area contributed by atoms with E-state index in [1.165, 1.54) is 30.4 Å². The lowest BCUT2D eigenvalue weighted by Gasteiger charge is -2.04. The first-order chi connectivity index (χ1) is 9.86. The van der Waals surface area contributed by atoms with Crippen LogP contribution in [0.5, 0.6) is 0 Å². The fourth-order valence-electron chi connectivity index (χ4n) is 1.47. The zero-order valence-electron chi connectivity index (χ0n) is 10.4. The van der Waals surface area contributed by atoms with Crippen molar-refractivity contribution in [3.05, 3.63) is 64.7 Å². The molecule has 0 aliphatic carbocycles. The number of hydrogen-bond acceptors (Lipinski definition) is 3. The fourth-order valence-corrected chi connectivity index (χ4v) is 1.64. The highest BCUT2D eigenvalue weighted by Crippen LogP contribution is 2.27. The molecule has 2 heterocycles. The van der Waals surface area contributed by atoms with Crippen LogP contribution in [0.2, 0.25) is 5.15 Å². The van der Waals surface area contributed by atoms with E-state index in [0.717, 1.165) is 12.3 Å². The molecule has 108 valence electrons. The van der Waals surface area contributed by atoms with Gasteiger partial charge in [-0.1, -0.05) is 23.7 Å². The Kier molecular flexibility index (Phi) is 4.37. The number of nitrogens with zero attached hydrogens (tertiary/aromatic N) is 2. The normalized spacial score (nSPS) is 11.8. The van der Waals surface area contributed by atoms with Crippen LogP contribution < -0.4 is 0 Å². The SMILES string of the molecule is O=C(C=Cc1ccc(C(F)(F)F)nc1)c1cccc(Cl)n1. The highest BCUT2D eigenvalue weighted by Gasteiger charge is 2.31. The third kappa shape index (κ3) is 4.13. The molecule has 0 saturated carbocycles. The predicted octanol–water partition coefficient (Wildman–Crippen LogP) is 4.04. The van der Waals surface area contributed by atoms with Gasteiger partial charge in [-0.15, -0.1) is 0 Å². The number of hydrogen-bond donors (Lipinski definition) is 0. The summed E-state index contributed by atoms with van der Waals surface area (Å²) in [5.74, 6) is -0.405. The molecular formula is C14H8ClF3N2O. The van der Waals surface area contributed by atoms with Crippen LogP contribution in [0, 0.1) is 0 Å². The van der Waals surface area contributed by atoms with Gasteiger partial charge in [-0.05, 0) is 35.9 Å². The number of alkyl halides is 3. The minimum absolute atomic E-state index is 0.152. The quantitative estimate of drug-likeness (QED) is 0.488. The number of aromatic nitrogens is 2. The number of ketones is 1. The standard InChI is InChI=1S/C14H8ClF3N2O/c15-13-3-1-2-10(20-13)11(21)6-4-9-5-7-12(19-8-9)14(16,17)18/h1-8H. The van der Waals surface area contributed by atoms with Crippen LogP contribution in [0.25, 0.3) is 6.08 Å². The highest BCUT2D eigenvalue weighted by atomic mass is 35.5. The third-order valence-corrected chi connectivity index (χ3v) is 2.68. The second kappa shape index (κ2) is 6.05. The first-order valence-electron chi connectivity index (χ1n) is 5.74. The Bertz CT molecular complexity index is 681. The molecule has 0 aromatic carbocycles. The van der Waals surface area contributed by atoms with Gasteiger partial charge < -0.3 is 0 Å². The maximum atomic E-state index is 12.3. The maximum absolute atomic E-state index is 12.3. The van der Waals surface area contributed by atoms with Crippen LogP contribution in [-0.2, 0) is 6.18 Å². The second-order valence-corrected chi connectivity index (χ2v) is 4.40. The van der Waals surface area contributed by atoms with Crippen molar-refractivity contribution in [3.8, 4) is 0 Å². The monoisotopic (exact) mass is 312 g/mol. The van der Waals surface area contributed by atoms with Crippen molar-refractivity contribution in [1.29, 1.82) is 0 Å². The summed E-state index contributed by atoms with van der Waals surface area (Å²) in [5.41, 5.74) is -0.459. The number of halogens is 4. The van der Waals surface area contributed by atoms with E-state index in [-0.39, 0.29) is 10.8 Å². The molecule has 0 bridgehead atoms. The average Bonchev–Trinajstić information content (AvgIpc) is 2.44. The van der Waals surface area contributed by atoms with Crippen molar-refractivity contribution >= 4 is 23.5 Å². The molecule has 0 radical (unpaired) electrons. The molecule has 0 aliphatic rings. The van der Waals surface area contributed by atoms with Gasteiger partial charge in [0.2, 0.25) is 5.78 Å². The lowest BCUT2D eigenvalue weighted by atomic mass is 10.2. The van der Waals surface area contributed by atoms with E-state index in [2.05, 4.69) is 9.97 Å². The summed E-state index contributed by atoms with van der Waals surface area (Å²) in [6.07, 6.45) is -0.887. The Morgan fingerprint density at radius 3 is 2.52 bits per heavy atom. The topological polar surface area (TPSA) is 42.9 Å². The first-order valence-corrected chi connectivity index (χ1v) is 6.12. The summed E-state index contributed by atoms with van der Waals surface area (Å²) in [6, 6.07) is 6.67. The van der Waals surface area contributed by atoms with Crippen LogP contribution >= 0.6 is 11.6 Å². The number of rotatable bonds is 3. The van der Waals surface area contributed by atoms with E-state index in [9.17, 15) is 18.0 Å². The van der Waals surface area contributed by atoms with E-state index >= 15 is 0 Å². The summed E-state index contributed by atoms with van der Waals surface area (Å²) in [4.78, 5) is 18.9. The molecule has 0 aliphatic heterocycles. The molecular weight excluding hydrogens is 305 g/mol. The maximum Gasteiger partial charge on any atom is 0.433 e. The van der Waals surface area contributed by atoms with Crippen molar-refractivity contribution < 1.29 is 18.0 Å². The van der Waals surface area contributed by atoms with E-state index in [0.29, 0.717) is 5.56 Å². The molecule has 0 atom stereocenters. The van der Waals surface area contributed by atoms with Gasteiger partial charge in [0.15, 0.2) is 0 Å². The first kappa shape index (κ1) is 15.2. The minimum atomic E-state index is -4.48.